The smallest absolute Gasteiger partial charge is 0.270 e. The first-order chi connectivity index (χ1) is 8.70. The fraction of sp³-hybridized carbons (Fsp3) is 0.364. The topological polar surface area (TPSA) is 104 Å². The number of ether oxygens (including phenoxy) is 1. The lowest BCUT2D eigenvalue weighted by molar-refractivity contribution is -0.384. The highest BCUT2D eigenvalue weighted by molar-refractivity contribution is 7.90. The van der Waals surface area contributed by atoms with Crippen LogP contribution in [0.4, 0.5) is 5.69 Å². The summed E-state index contributed by atoms with van der Waals surface area (Å²) in [6.45, 7) is 1.14. The van der Waals surface area contributed by atoms with Crippen molar-refractivity contribution < 1.29 is 22.9 Å². The van der Waals surface area contributed by atoms with Crippen molar-refractivity contribution >= 4 is 21.3 Å². The lowest BCUT2D eigenvalue weighted by Crippen LogP contribution is -2.13. The highest BCUT2D eigenvalue weighted by Crippen LogP contribution is 2.24. The first-order valence-electron chi connectivity index (χ1n) is 5.30. The van der Waals surface area contributed by atoms with E-state index >= 15 is 0 Å². The SMILES string of the molecule is CC(=O)c1cc([N+](=O)[O-])ccc1OCCS(C)(=O)=O. The highest BCUT2D eigenvalue weighted by atomic mass is 32.2. The van der Waals surface area contributed by atoms with Crippen LogP contribution < -0.4 is 4.74 Å². The lowest BCUT2D eigenvalue weighted by Gasteiger charge is -2.09. The van der Waals surface area contributed by atoms with Crippen molar-refractivity contribution in [2.45, 2.75) is 6.92 Å². The predicted octanol–water partition coefficient (Wildman–Crippen LogP) is 1.22. The monoisotopic (exact) mass is 287 g/mol. The lowest BCUT2D eigenvalue weighted by atomic mass is 10.1. The molecule has 1 rings (SSSR count). The zero-order chi connectivity index (χ0) is 14.6. The Bertz CT molecular complexity index is 608. The number of carbonyl (C=O) groups excluding carboxylic acids is 1. The Kier molecular flexibility index (Phi) is 4.60. The van der Waals surface area contributed by atoms with E-state index in [-0.39, 0.29) is 29.4 Å². The van der Waals surface area contributed by atoms with Crippen LogP contribution in [0.5, 0.6) is 5.75 Å². The summed E-state index contributed by atoms with van der Waals surface area (Å²) in [4.78, 5) is 21.4. The molecule has 19 heavy (non-hydrogen) atoms. The molecule has 0 saturated carbocycles. The van der Waals surface area contributed by atoms with E-state index in [0.717, 1.165) is 12.3 Å². The molecule has 1 aromatic rings. The fourth-order valence-corrected chi connectivity index (χ4v) is 1.72. The maximum atomic E-state index is 11.4. The number of benzene rings is 1. The van der Waals surface area contributed by atoms with Crippen LogP contribution in [0, 0.1) is 10.1 Å². The van der Waals surface area contributed by atoms with Gasteiger partial charge in [0.1, 0.15) is 12.4 Å². The molecule has 0 bridgehead atoms. The molecule has 8 heteroatoms. The van der Waals surface area contributed by atoms with Gasteiger partial charge in [0, 0.05) is 18.4 Å². The second-order valence-electron chi connectivity index (χ2n) is 3.97. The molecule has 0 heterocycles. The third kappa shape index (κ3) is 4.66. The van der Waals surface area contributed by atoms with Gasteiger partial charge in [0.15, 0.2) is 15.6 Å². The van der Waals surface area contributed by atoms with Gasteiger partial charge in [0.05, 0.1) is 16.2 Å². The van der Waals surface area contributed by atoms with Crippen LogP contribution in [0.2, 0.25) is 0 Å². The van der Waals surface area contributed by atoms with Gasteiger partial charge in [-0.3, -0.25) is 14.9 Å². The molecule has 0 aliphatic rings. The Morgan fingerprint density at radius 3 is 2.53 bits per heavy atom. The normalized spacial score (nSPS) is 11.1. The number of nitrogens with zero attached hydrogens (tertiary/aromatic N) is 1. The van der Waals surface area contributed by atoms with Crippen LogP contribution in [0.3, 0.4) is 0 Å². The molecule has 0 aromatic heterocycles. The van der Waals surface area contributed by atoms with E-state index in [0.29, 0.717) is 0 Å². The standard InChI is InChI=1S/C11H13NO6S/c1-8(13)10-7-9(12(14)15)3-4-11(10)18-5-6-19(2,16)17/h3-4,7H,5-6H2,1-2H3. The number of carbonyl (C=O) groups is 1. The average molecular weight is 287 g/mol. The predicted molar refractivity (Wildman–Crippen MR) is 68.3 cm³/mol. The number of hydrogen-bond donors (Lipinski definition) is 0. The van der Waals surface area contributed by atoms with E-state index in [1.165, 1.54) is 19.1 Å². The van der Waals surface area contributed by atoms with Crippen molar-refractivity contribution in [3.8, 4) is 5.75 Å². The van der Waals surface area contributed by atoms with Gasteiger partial charge in [-0.2, -0.15) is 0 Å². The second kappa shape index (κ2) is 5.79. The first kappa shape index (κ1) is 15.1. The molecule has 0 aliphatic carbocycles. The Labute approximate surface area is 110 Å². The van der Waals surface area contributed by atoms with Crippen molar-refractivity contribution in [1.29, 1.82) is 0 Å². The Morgan fingerprint density at radius 2 is 2.05 bits per heavy atom. The van der Waals surface area contributed by atoms with Gasteiger partial charge in [-0.15, -0.1) is 0 Å². The van der Waals surface area contributed by atoms with Crippen LogP contribution in [-0.2, 0) is 9.84 Å². The molecule has 104 valence electrons. The number of nitro benzene ring substituents is 1. The number of ketones is 1. The second-order valence-corrected chi connectivity index (χ2v) is 6.23. The van der Waals surface area contributed by atoms with Gasteiger partial charge in [-0.1, -0.05) is 0 Å². The minimum atomic E-state index is -3.17. The number of sulfone groups is 1. The van der Waals surface area contributed by atoms with Crippen LogP contribution in [0.1, 0.15) is 17.3 Å². The van der Waals surface area contributed by atoms with Crippen LogP contribution in [0.15, 0.2) is 18.2 Å². The molecule has 0 aliphatic heterocycles. The third-order valence-electron chi connectivity index (χ3n) is 2.26. The number of rotatable bonds is 6. The van der Waals surface area contributed by atoms with Crippen LogP contribution >= 0.6 is 0 Å². The zero-order valence-corrected chi connectivity index (χ0v) is 11.3. The average Bonchev–Trinajstić information content (AvgIpc) is 2.27. The zero-order valence-electron chi connectivity index (χ0n) is 10.5. The van der Waals surface area contributed by atoms with E-state index in [4.69, 9.17) is 4.74 Å². The number of hydrogen-bond acceptors (Lipinski definition) is 6. The molecule has 0 N–H and O–H groups in total. The van der Waals surface area contributed by atoms with Crippen molar-refractivity contribution in [3.63, 3.8) is 0 Å². The third-order valence-corrected chi connectivity index (χ3v) is 3.17. The summed E-state index contributed by atoms with van der Waals surface area (Å²) in [6, 6.07) is 3.59. The summed E-state index contributed by atoms with van der Waals surface area (Å²) in [5, 5.41) is 10.6. The largest absolute Gasteiger partial charge is 0.492 e. The molecule has 0 radical (unpaired) electrons. The molecular formula is C11H13NO6S. The molecule has 0 atom stereocenters. The summed E-state index contributed by atoms with van der Waals surface area (Å²) >= 11 is 0. The van der Waals surface area contributed by atoms with Crippen LogP contribution in [0.25, 0.3) is 0 Å². The van der Waals surface area contributed by atoms with Gasteiger partial charge in [-0.05, 0) is 13.0 Å². The number of nitro groups is 1. The fourth-order valence-electron chi connectivity index (χ4n) is 1.34. The molecule has 7 nitrogen and oxygen atoms in total. The number of non-ortho nitro benzene ring substituents is 1. The van der Waals surface area contributed by atoms with Gasteiger partial charge in [-0.25, -0.2) is 8.42 Å². The van der Waals surface area contributed by atoms with Gasteiger partial charge >= 0.3 is 0 Å². The van der Waals surface area contributed by atoms with Crippen LogP contribution in [-0.4, -0.2) is 37.7 Å². The van der Waals surface area contributed by atoms with E-state index in [1.807, 2.05) is 0 Å². The molecule has 0 saturated heterocycles. The number of Topliss-reactive ketones (excluding diaryl/α,β-unsaturated/α-hetero) is 1. The van der Waals surface area contributed by atoms with Crippen molar-refractivity contribution in [2.75, 3.05) is 18.6 Å². The van der Waals surface area contributed by atoms with E-state index < -0.39 is 20.5 Å². The molecular weight excluding hydrogens is 274 g/mol. The summed E-state index contributed by atoms with van der Waals surface area (Å²) in [5.41, 5.74) is -0.164. The summed E-state index contributed by atoms with van der Waals surface area (Å²) < 4.78 is 27.1. The van der Waals surface area contributed by atoms with Gasteiger partial charge < -0.3 is 4.74 Å². The minimum absolute atomic E-state index is 0.0581. The molecule has 0 unspecified atom stereocenters. The van der Waals surface area contributed by atoms with Gasteiger partial charge in [0.25, 0.3) is 5.69 Å². The van der Waals surface area contributed by atoms with E-state index in [1.54, 1.807) is 0 Å². The van der Waals surface area contributed by atoms with E-state index in [2.05, 4.69) is 0 Å². The molecule has 1 aromatic carbocycles. The molecule has 0 fully saturated rings. The summed E-state index contributed by atoms with van der Waals surface area (Å²) in [6.07, 6.45) is 1.07. The minimum Gasteiger partial charge on any atom is -0.492 e. The molecule has 0 amide bonds. The van der Waals surface area contributed by atoms with Crippen molar-refractivity contribution in [3.05, 3.63) is 33.9 Å². The Balaban J connectivity index is 2.94. The maximum Gasteiger partial charge on any atom is 0.270 e. The van der Waals surface area contributed by atoms with E-state index in [9.17, 15) is 23.3 Å². The van der Waals surface area contributed by atoms with Crippen molar-refractivity contribution in [1.82, 2.24) is 0 Å². The van der Waals surface area contributed by atoms with Gasteiger partial charge in [0.2, 0.25) is 0 Å². The quantitative estimate of drug-likeness (QED) is 0.442. The highest BCUT2D eigenvalue weighted by Gasteiger charge is 2.15. The Hall–Kier alpha value is -1.96. The first-order valence-corrected chi connectivity index (χ1v) is 7.36. The Morgan fingerprint density at radius 1 is 1.42 bits per heavy atom. The van der Waals surface area contributed by atoms with Crippen molar-refractivity contribution in [2.24, 2.45) is 0 Å². The maximum absolute atomic E-state index is 11.4. The molecule has 0 spiro atoms. The summed E-state index contributed by atoms with van der Waals surface area (Å²) in [5.74, 6) is -0.443. The summed E-state index contributed by atoms with van der Waals surface area (Å²) in [7, 11) is -3.17.